The lowest BCUT2D eigenvalue weighted by Gasteiger charge is -2.27. The fourth-order valence-electron chi connectivity index (χ4n) is 3.72. The van der Waals surface area contributed by atoms with Crippen molar-refractivity contribution in [1.29, 1.82) is 0 Å². The molecule has 0 spiro atoms. The average molecular weight is 506 g/mol. The lowest BCUT2D eigenvalue weighted by atomic mass is 9.95. The van der Waals surface area contributed by atoms with E-state index in [0.717, 1.165) is 35.5 Å². The Balaban J connectivity index is 1.61. The monoisotopic (exact) mass is 505 g/mol. The summed E-state index contributed by atoms with van der Waals surface area (Å²) >= 11 is 3.57. The number of nitrogens with zero attached hydrogens (tertiary/aromatic N) is 2. The first kappa shape index (κ1) is 22.0. The van der Waals surface area contributed by atoms with Gasteiger partial charge in [0.2, 0.25) is 5.95 Å². The smallest absolute Gasteiger partial charge is 0.227 e. The lowest BCUT2D eigenvalue weighted by molar-refractivity contribution is 0.0669. The van der Waals surface area contributed by atoms with Crippen LogP contribution in [0.3, 0.4) is 0 Å². The van der Waals surface area contributed by atoms with Gasteiger partial charge >= 0.3 is 0 Å². The normalized spacial score (nSPS) is 19.3. The minimum Gasteiger partial charge on any atom is -0.487 e. The van der Waals surface area contributed by atoms with Gasteiger partial charge in [-0.15, -0.1) is 0 Å². The van der Waals surface area contributed by atoms with Crippen molar-refractivity contribution in [1.82, 2.24) is 9.97 Å². The highest BCUT2D eigenvalue weighted by Crippen LogP contribution is 2.35. The Bertz CT molecular complexity index is 1190. The van der Waals surface area contributed by atoms with E-state index in [1.807, 2.05) is 18.2 Å². The molecule has 0 atom stereocenters. The predicted octanol–water partition coefficient (Wildman–Crippen LogP) is 4.36. The van der Waals surface area contributed by atoms with Crippen LogP contribution in [0.1, 0.15) is 31.2 Å². The Hall–Kier alpha value is -2.23. The molecule has 4 rings (SSSR count). The first-order valence-corrected chi connectivity index (χ1v) is 13.0. The Morgan fingerprint density at radius 1 is 1.19 bits per heavy atom. The number of halogens is 1. The molecular weight excluding hydrogens is 482 g/mol. The molecule has 1 heterocycles. The van der Waals surface area contributed by atoms with Gasteiger partial charge in [-0.2, -0.15) is 0 Å². The number of rotatable bonds is 6. The zero-order chi connectivity index (χ0) is 22.0. The maximum absolute atomic E-state index is 11.6. The number of hydrogen-bond acceptors (Lipinski definition) is 7. The van der Waals surface area contributed by atoms with Gasteiger partial charge in [-0.05, 0) is 71.4 Å². The van der Waals surface area contributed by atoms with E-state index in [4.69, 9.17) is 4.74 Å². The third kappa shape index (κ3) is 5.72. The molecule has 1 aliphatic carbocycles. The number of benzene rings is 2. The van der Waals surface area contributed by atoms with E-state index in [0.29, 0.717) is 28.5 Å². The maximum atomic E-state index is 11.6. The maximum Gasteiger partial charge on any atom is 0.227 e. The van der Waals surface area contributed by atoms with Gasteiger partial charge in [-0.3, -0.25) is 0 Å². The van der Waals surface area contributed by atoms with E-state index >= 15 is 0 Å². The van der Waals surface area contributed by atoms with Crippen molar-refractivity contribution in [2.45, 2.75) is 43.6 Å². The lowest BCUT2D eigenvalue weighted by Crippen LogP contribution is -2.26. The second kappa shape index (κ2) is 9.10. The molecule has 0 amide bonds. The van der Waals surface area contributed by atoms with Crippen LogP contribution in [0.2, 0.25) is 0 Å². The molecule has 1 aromatic heterocycles. The molecule has 9 heteroatoms. The Morgan fingerprint density at radius 3 is 2.71 bits per heavy atom. The average Bonchev–Trinajstić information content (AvgIpc) is 2.71. The SMILES string of the molecule is CS(=O)(=O)Cc1cccc(Nc2ncc3ccc(Br)c(OC4CCC(O)CC4)c3n2)c1. The van der Waals surface area contributed by atoms with Gasteiger partial charge in [0, 0.05) is 23.5 Å². The molecule has 31 heavy (non-hydrogen) atoms. The number of nitrogens with one attached hydrogen (secondary N) is 1. The van der Waals surface area contributed by atoms with Crippen molar-refractivity contribution in [3.8, 4) is 5.75 Å². The molecule has 7 nitrogen and oxygen atoms in total. The van der Waals surface area contributed by atoms with E-state index in [2.05, 4.69) is 31.2 Å². The molecule has 3 aromatic rings. The van der Waals surface area contributed by atoms with Gasteiger partial charge in [0.05, 0.1) is 22.4 Å². The van der Waals surface area contributed by atoms with E-state index in [1.165, 1.54) is 6.26 Å². The van der Waals surface area contributed by atoms with Crippen molar-refractivity contribution >= 4 is 48.3 Å². The summed E-state index contributed by atoms with van der Waals surface area (Å²) < 4.78 is 30.3. The van der Waals surface area contributed by atoms with Gasteiger partial charge in [0.1, 0.15) is 5.52 Å². The summed E-state index contributed by atoms with van der Waals surface area (Å²) in [7, 11) is -3.12. The van der Waals surface area contributed by atoms with Crippen LogP contribution in [-0.2, 0) is 15.6 Å². The minimum atomic E-state index is -3.12. The van der Waals surface area contributed by atoms with Crippen molar-refractivity contribution in [3.63, 3.8) is 0 Å². The topological polar surface area (TPSA) is 101 Å². The molecule has 0 aliphatic heterocycles. The van der Waals surface area contributed by atoms with E-state index < -0.39 is 9.84 Å². The highest BCUT2D eigenvalue weighted by molar-refractivity contribution is 9.10. The van der Waals surface area contributed by atoms with Gasteiger partial charge in [-0.1, -0.05) is 12.1 Å². The molecule has 0 radical (unpaired) electrons. The number of anilines is 2. The molecule has 0 saturated heterocycles. The number of ether oxygens (including phenoxy) is 1. The van der Waals surface area contributed by atoms with E-state index in [9.17, 15) is 13.5 Å². The standard InChI is InChI=1S/C22H24BrN3O4S/c1-31(28,29)13-14-3-2-4-16(11-14)25-22-24-12-15-5-10-19(23)21(20(15)26-22)30-18-8-6-17(27)7-9-18/h2-5,10-12,17-18,27H,6-9,13H2,1H3,(H,24,25,26). The summed E-state index contributed by atoms with van der Waals surface area (Å²) in [6, 6.07) is 11.0. The number of hydrogen-bond donors (Lipinski definition) is 2. The quantitative estimate of drug-likeness (QED) is 0.512. The van der Waals surface area contributed by atoms with Crippen LogP contribution in [0.4, 0.5) is 11.6 Å². The first-order chi connectivity index (χ1) is 14.8. The summed E-state index contributed by atoms with van der Waals surface area (Å²) in [5.74, 6) is 1.03. The van der Waals surface area contributed by atoms with Crippen LogP contribution in [-0.4, -0.2) is 42.0 Å². The summed E-state index contributed by atoms with van der Waals surface area (Å²) in [4.78, 5) is 9.06. The summed E-state index contributed by atoms with van der Waals surface area (Å²) in [6.07, 6.45) is 5.80. The highest BCUT2D eigenvalue weighted by Gasteiger charge is 2.23. The first-order valence-electron chi connectivity index (χ1n) is 10.1. The molecule has 0 bridgehead atoms. The van der Waals surface area contributed by atoms with Crippen LogP contribution in [0.5, 0.6) is 5.75 Å². The third-order valence-electron chi connectivity index (χ3n) is 5.20. The minimum absolute atomic E-state index is 0.0257. The van der Waals surface area contributed by atoms with Gasteiger partial charge in [-0.25, -0.2) is 18.4 Å². The number of aliphatic hydroxyl groups excluding tert-OH is 1. The molecule has 1 aliphatic rings. The highest BCUT2D eigenvalue weighted by atomic mass is 79.9. The molecule has 1 saturated carbocycles. The van der Waals surface area contributed by atoms with Crippen LogP contribution >= 0.6 is 15.9 Å². The molecule has 1 fully saturated rings. The Kier molecular flexibility index (Phi) is 6.45. The molecular formula is C22H24BrN3O4S. The summed E-state index contributed by atoms with van der Waals surface area (Å²) in [6.45, 7) is 0. The fourth-order valence-corrected chi connectivity index (χ4v) is 4.92. The van der Waals surface area contributed by atoms with Gasteiger partial charge in [0.25, 0.3) is 0 Å². The number of aliphatic hydroxyl groups is 1. The van der Waals surface area contributed by atoms with Gasteiger partial charge < -0.3 is 15.2 Å². The van der Waals surface area contributed by atoms with Crippen molar-refractivity contribution in [2.75, 3.05) is 11.6 Å². The molecule has 2 N–H and O–H groups in total. The summed E-state index contributed by atoms with van der Waals surface area (Å²) in [5, 5.41) is 13.8. The molecule has 0 unspecified atom stereocenters. The largest absolute Gasteiger partial charge is 0.487 e. The van der Waals surface area contributed by atoms with Crippen molar-refractivity contribution in [2.24, 2.45) is 0 Å². The Morgan fingerprint density at radius 2 is 1.97 bits per heavy atom. The van der Waals surface area contributed by atoms with Crippen LogP contribution < -0.4 is 10.1 Å². The predicted molar refractivity (Wildman–Crippen MR) is 124 cm³/mol. The summed E-state index contributed by atoms with van der Waals surface area (Å²) in [5.41, 5.74) is 2.09. The number of aromatic nitrogens is 2. The second-order valence-corrected chi connectivity index (χ2v) is 10.9. The van der Waals surface area contributed by atoms with Crippen molar-refractivity contribution < 1.29 is 18.3 Å². The van der Waals surface area contributed by atoms with E-state index in [-0.39, 0.29) is 18.0 Å². The van der Waals surface area contributed by atoms with E-state index in [1.54, 1.807) is 24.4 Å². The third-order valence-corrected chi connectivity index (χ3v) is 6.68. The fraction of sp³-hybridized carbons (Fsp3) is 0.364. The van der Waals surface area contributed by atoms with Crippen LogP contribution in [0.25, 0.3) is 10.9 Å². The van der Waals surface area contributed by atoms with Crippen LogP contribution in [0.15, 0.2) is 47.1 Å². The second-order valence-electron chi connectivity index (χ2n) is 7.95. The van der Waals surface area contributed by atoms with Crippen LogP contribution in [0, 0.1) is 0 Å². The van der Waals surface area contributed by atoms with Gasteiger partial charge in [0.15, 0.2) is 15.6 Å². The number of sulfone groups is 1. The van der Waals surface area contributed by atoms with Crippen molar-refractivity contribution in [3.05, 3.63) is 52.6 Å². The molecule has 2 aromatic carbocycles. The zero-order valence-corrected chi connectivity index (χ0v) is 19.5. The number of fused-ring (bicyclic) bond motifs is 1. The Labute approximate surface area is 189 Å². The molecule has 164 valence electrons. The zero-order valence-electron chi connectivity index (χ0n) is 17.1.